The topological polar surface area (TPSA) is 46.0 Å². The summed E-state index contributed by atoms with van der Waals surface area (Å²) in [6, 6.07) is 122. The van der Waals surface area contributed by atoms with Crippen LogP contribution >= 0.6 is 0 Å². The van der Waals surface area contributed by atoms with Crippen LogP contribution in [0.1, 0.15) is 23.5 Å². The molecule has 6 nitrogen and oxygen atoms in total. The summed E-state index contributed by atoms with van der Waals surface area (Å²) >= 11 is 0. The molecule has 102 heavy (non-hydrogen) atoms. The number of aromatic nitrogens is 4. The average molecular weight is 1300 g/mol. The Morgan fingerprint density at radius 3 is 1.22 bits per heavy atom. The zero-order valence-corrected chi connectivity index (χ0v) is 55.3. The van der Waals surface area contributed by atoms with Crippen LogP contribution in [-0.4, -0.2) is 18.3 Å². The van der Waals surface area contributed by atoms with Gasteiger partial charge in [0.05, 0.1) is 44.1 Å². The van der Waals surface area contributed by atoms with E-state index >= 15 is 0 Å². The number of allylic oxidation sites excluding steroid dienone is 4. The van der Waals surface area contributed by atoms with Gasteiger partial charge >= 0.3 is 0 Å². The summed E-state index contributed by atoms with van der Waals surface area (Å²) in [5, 5.41) is 14.2. The third-order valence-corrected chi connectivity index (χ3v) is 21.9. The lowest BCUT2D eigenvalue weighted by Gasteiger charge is -2.24. The number of hydrogen-bond donors (Lipinski definition) is 0. The van der Waals surface area contributed by atoms with E-state index in [-0.39, 0.29) is 5.92 Å². The third-order valence-electron chi connectivity index (χ3n) is 21.9. The van der Waals surface area contributed by atoms with Crippen molar-refractivity contribution in [3.05, 3.63) is 357 Å². The van der Waals surface area contributed by atoms with E-state index in [9.17, 15) is 0 Å². The maximum Gasteiger partial charge on any atom is 0.142 e. The second-order valence-electron chi connectivity index (χ2n) is 27.4. The molecule has 0 aliphatic heterocycles. The zero-order valence-electron chi connectivity index (χ0n) is 55.3. The summed E-state index contributed by atoms with van der Waals surface area (Å²) in [7, 11) is 0. The molecular weight excluding hydrogens is 1240 g/mol. The fourth-order valence-corrected chi connectivity index (χ4v) is 17.4. The van der Waals surface area contributed by atoms with Gasteiger partial charge in [0.2, 0.25) is 0 Å². The number of furan rings is 2. The summed E-state index contributed by atoms with van der Waals surface area (Å²) < 4.78 is 23.5. The first-order chi connectivity index (χ1) is 50.6. The first-order valence-electron chi connectivity index (χ1n) is 35.2. The molecule has 0 amide bonds. The molecule has 0 saturated carbocycles. The Hall–Kier alpha value is -13.4. The van der Waals surface area contributed by atoms with E-state index in [1.165, 1.54) is 98.6 Å². The minimum atomic E-state index is 0.0389. The maximum absolute atomic E-state index is 7.24. The Labute approximate surface area is 585 Å². The molecule has 15 aromatic carbocycles. The number of fused-ring (bicyclic) bond motifs is 20. The minimum absolute atomic E-state index is 0.0389. The van der Waals surface area contributed by atoms with Crippen LogP contribution in [-0.2, 0) is 0 Å². The summed E-state index contributed by atoms with van der Waals surface area (Å²) in [5.41, 5.74) is 28.0. The average Bonchev–Trinajstić information content (AvgIpc) is 1.55. The summed E-state index contributed by atoms with van der Waals surface area (Å²) in [5.74, 6) is 0.0389. The fraction of sp³-hybridized carbons (Fsp3) is 0.0208. The van der Waals surface area contributed by atoms with E-state index < -0.39 is 0 Å². The van der Waals surface area contributed by atoms with Crippen LogP contribution in [0.5, 0.6) is 0 Å². The number of hydrogen-bond acceptors (Lipinski definition) is 2. The molecule has 0 fully saturated rings. The van der Waals surface area contributed by atoms with Crippen molar-refractivity contribution >= 4 is 142 Å². The highest BCUT2D eigenvalue weighted by atomic mass is 16.3. The van der Waals surface area contributed by atoms with Gasteiger partial charge in [-0.1, -0.05) is 231 Å². The van der Waals surface area contributed by atoms with Crippen LogP contribution in [0.4, 0.5) is 0 Å². The summed E-state index contributed by atoms with van der Waals surface area (Å²) in [4.78, 5) is 0. The lowest BCUT2D eigenvalue weighted by molar-refractivity contribution is 0.667. The number of benzene rings is 15. The van der Waals surface area contributed by atoms with Gasteiger partial charge in [-0.2, -0.15) is 0 Å². The normalized spacial score (nSPS) is 13.7. The molecule has 6 heteroatoms. The highest BCUT2D eigenvalue weighted by Crippen LogP contribution is 2.49. The Morgan fingerprint density at radius 1 is 0.255 bits per heavy atom. The zero-order chi connectivity index (χ0) is 66.7. The number of rotatable bonds is 9. The second-order valence-corrected chi connectivity index (χ2v) is 27.4. The lowest BCUT2D eigenvalue weighted by Crippen LogP contribution is -2.07. The van der Waals surface area contributed by atoms with Gasteiger partial charge in [0.1, 0.15) is 22.3 Å². The minimum Gasteiger partial charge on any atom is -0.456 e. The monoisotopic (exact) mass is 1300 g/mol. The van der Waals surface area contributed by atoms with Gasteiger partial charge in [0, 0.05) is 98.9 Å². The Balaban J connectivity index is 0.688. The van der Waals surface area contributed by atoms with Crippen molar-refractivity contribution in [2.24, 2.45) is 0 Å². The van der Waals surface area contributed by atoms with Crippen molar-refractivity contribution in [1.82, 2.24) is 18.3 Å². The van der Waals surface area contributed by atoms with Gasteiger partial charge in [-0.15, -0.1) is 0 Å². The molecule has 0 saturated heterocycles. The van der Waals surface area contributed by atoms with E-state index in [2.05, 4.69) is 358 Å². The van der Waals surface area contributed by atoms with Crippen LogP contribution in [0.15, 0.2) is 355 Å². The third kappa shape index (κ3) is 8.47. The number of nitrogens with zero attached hydrogens (tertiary/aromatic N) is 4. The molecule has 22 rings (SSSR count). The van der Waals surface area contributed by atoms with Gasteiger partial charge in [0.15, 0.2) is 0 Å². The van der Waals surface area contributed by atoms with Crippen molar-refractivity contribution < 1.29 is 8.83 Å². The highest BCUT2D eigenvalue weighted by Gasteiger charge is 2.28. The molecule has 0 bridgehead atoms. The first-order valence-corrected chi connectivity index (χ1v) is 35.2. The van der Waals surface area contributed by atoms with Crippen LogP contribution in [0.2, 0.25) is 0 Å². The smallest absolute Gasteiger partial charge is 0.142 e. The standard InChI is InChI=1S/C96H60N4O2/c1-3-19-59(20-4-1)61-37-39-63(40-38-61)66-54-67(56-71(55-66)100-84-35-15-10-29-78(84)95-88(100)50-49-87-94(95)77-28-9-13-33-82(77)98(87)69-45-51-90-79(57-69)73-25-11-16-36-89(73)101-90)72-30-18-31-74-80-58-70(46-52-91(80)102-96(72)74)99-83-34-14-8-27-76(83)93-86(99)48-47-85-92(93)75-26-7-12-32-81(75)97(85)68-43-41-62(42-44-68)65-24-17-23-64(53-65)60-21-5-2-6-22-60/h1-53,55-58,66H,54H2. The Kier molecular flexibility index (Phi) is 12.2. The van der Waals surface area contributed by atoms with Crippen LogP contribution in [0.3, 0.4) is 0 Å². The van der Waals surface area contributed by atoms with Crippen molar-refractivity contribution in [2.45, 2.75) is 12.3 Å². The molecule has 1 aliphatic carbocycles. The summed E-state index contributed by atoms with van der Waals surface area (Å²) in [6.07, 6.45) is 5.74. The molecule has 0 N–H and O–H groups in total. The van der Waals surface area contributed by atoms with Gasteiger partial charge in [-0.05, 0) is 166 Å². The first kappa shape index (κ1) is 56.6. The van der Waals surface area contributed by atoms with E-state index in [0.717, 1.165) is 112 Å². The molecule has 6 heterocycles. The maximum atomic E-state index is 7.24. The Morgan fingerprint density at radius 2 is 0.647 bits per heavy atom. The molecule has 1 aliphatic rings. The molecule has 21 aromatic rings. The van der Waals surface area contributed by atoms with Crippen molar-refractivity contribution in [3.63, 3.8) is 0 Å². The van der Waals surface area contributed by atoms with E-state index in [1.807, 2.05) is 6.07 Å². The van der Waals surface area contributed by atoms with E-state index in [4.69, 9.17) is 8.83 Å². The Bertz CT molecular complexity index is 7130. The predicted octanol–water partition coefficient (Wildman–Crippen LogP) is 26.0. The van der Waals surface area contributed by atoms with Crippen LogP contribution in [0.25, 0.3) is 193 Å². The van der Waals surface area contributed by atoms with Crippen molar-refractivity contribution in [2.75, 3.05) is 0 Å². The SMILES string of the molecule is C1=C(c2cccc3c2oc2ccc(-n4c5ccccc5c5c6c7ccccc7n(-c7ccc(-c8cccc(-c9ccccc9)c8)cc7)c6ccc54)cc23)CC(c2ccc(-c3ccccc3)cc2)C=C1n1c2ccccc2c2c3c4ccccc4n(-c4ccc5oc6ccccc6c5c4)c3ccc21. The van der Waals surface area contributed by atoms with Gasteiger partial charge in [-0.25, -0.2) is 0 Å². The number of para-hydroxylation sites is 6. The fourth-order valence-electron chi connectivity index (χ4n) is 17.4. The van der Waals surface area contributed by atoms with E-state index in [0.29, 0.717) is 0 Å². The molecule has 1 unspecified atom stereocenters. The van der Waals surface area contributed by atoms with Crippen molar-refractivity contribution in [3.8, 4) is 50.4 Å². The van der Waals surface area contributed by atoms with E-state index in [1.54, 1.807) is 0 Å². The van der Waals surface area contributed by atoms with Gasteiger partial charge in [-0.3, -0.25) is 0 Å². The highest BCUT2D eigenvalue weighted by molar-refractivity contribution is 6.31. The molecule has 6 aromatic heterocycles. The summed E-state index contributed by atoms with van der Waals surface area (Å²) in [6.45, 7) is 0. The largest absolute Gasteiger partial charge is 0.456 e. The van der Waals surface area contributed by atoms with Crippen molar-refractivity contribution in [1.29, 1.82) is 0 Å². The second kappa shape index (κ2) is 22.0. The molecule has 0 radical (unpaired) electrons. The van der Waals surface area contributed by atoms with Gasteiger partial charge < -0.3 is 27.1 Å². The lowest BCUT2D eigenvalue weighted by atomic mass is 9.83. The van der Waals surface area contributed by atoms with Crippen LogP contribution in [0, 0.1) is 0 Å². The predicted molar refractivity (Wildman–Crippen MR) is 426 cm³/mol. The van der Waals surface area contributed by atoms with Gasteiger partial charge in [0.25, 0.3) is 0 Å². The van der Waals surface area contributed by atoms with Crippen LogP contribution < -0.4 is 0 Å². The molecule has 1 atom stereocenters. The molecular formula is C96H60N4O2. The molecule has 0 spiro atoms. The molecule has 476 valence electrons. The quantitative estimate of drug-likeness (QED) is 0.145.